The number of thioether (sulfide) groups is 1. The van der Waals surface area contributed by atoms with Crippen LogP contribution in [0, 0.1) is 13.8 Å². The third kappa shape index (κ3) is 3.55. The molecule has 0 spiro atoms. The molecule has 2 aromatic heterocycles. The van der Waals surface area contributed by atoms with Crippen LogP contribution in [0.5, 0.6) is 0 Å². The van der Waals surface area contributed by atoms with Crippen LogP contribution in [0.2, 0.25) is 0 Å². The molecule has 1 unspecified atom stereocenters. The lowest BCUT2D eigenvalue weighted by Gasteiger charge is -2.16. The largest absolute Gasteiger partial charge is 0.431 e. The van der Waals surface area contributed by atoms with E-state index in [1.54, 1.807) is 0 Å². The van der Waals surface area contributed by atoms with Gasteiger partial charge in [-0.25, -0.2) is 13.4 Å². The van der Waals surface area contributed by atoms with Crippen LogP contribution in [0.3, 0.4) is 0 Å². The Kier molecular flexibility index (Phi) is 4.63. The average molecular weight is 405 g/mol. The van der Waals surface area contributed by atoms with E-state index in [-0.39, 0.29) is 29.1 Å². The smallest absolute Gasteiger partial charge is 0.257 e. The number of nitrogens with zero attached hydrogens (tertiary/aromatic N) is 2. The molecule has 3 heterocycles. The number of Topliss-reactive ketones (excluding diaryl/α,β-unsaturated/α-hetero) is 1. The van der Waals surface area contributed by atoms with E-state index >= 15 is 0 Å². The van der Waals surface area contributed by atoms with Crippen molar-refractivity contribution in [3.63, 3.8) is 0 Å². The summed E-state index contributed by atoms with van der Waals surface area (Å²) < 4.78 is 31.3. The van der Waals surface area contributed by atoms with Gasteiger partial charge in [0.15, 0.2) is 21.2 Å². The van der Waals surface area contributed by atoms with E-state index in [0.717, 1.165) is 16.9 Å². The number of aromatic nitrogens is 2. The van der Waals surface area contributed by atoms with E-state index in [1.807, 2.05) is 48.7 Å². The molecule has 1 fully saturated rings. The van der Waals surface area contributed by atoms with Crippen LogP contribution in [0.1, 0.15) is 34.2 Å². The SMILES string of the molecule is Cc1cc(C(=O)CSc2nc3ccccc3o2)c(C)n1C1CCS(=O)(=O)C1. The van der Waals surface area contributed by atoms with E-state index in [4.69, 9.17) is 4.42 Å². The number of para-hydroxylation sites is 2. The lowest BCUT2D eigenvalue weighted by Crippen LogP contribution is -2.14. The fourth-order valence-electron chi connectivity index (χ4n) is 3.72. The first-order valence-corrected chi connectivity index (χ1v) is 11.6. The molecule has 0 amide bonds. The molecule has 0 N–H and O–H groups in total. The van der Waals surface area contributed by atoms with Crippen LogP contribution in [-0.4, -0.2) is 41.0 Å². The Hall–Kier alpha value is -2.06. The molecule has 142 valence electrons. The van der Waals surface area contributed by atoms with Crippen molar-refractivity contribution in [2.24, 2.45) is 0 Å². The summed E-state index contributed by atoms with van der Waals surface area (Å²) >= 11 is 1.27. The molecule has 0 bridgehead atoms. The molecule has 1 aromatic carbocycles. The minimum absolute atomic E-state index is 0.0116. The van der Waals surface area contributed by atoms with E-state index in [1.165, 1.54) is 11.8 Å². The number of benzene rings is 1. The van der Waals surface area contributed by atoms with Gasteiger partial charge in [-0.1, -0.05) is 23.9 Å². The van der Waals surface area contributed by atoms with Gasteiger partial charge in [-0.3, -0.25) is 4.79 Å². The Bertz CT molecular complexity index is 1090. The van der Waals surface area contributed by atoms with Gasteiger partial charge in [-0.2, -0.15) is 0 Å². The van der Waals surface area contributed by atoms with Crippen molar-refractivity contribution in [2.75, 3.05) is 17.3 Å². The third-order valence-corrected chi connectivity index (χ3v) is 7.54. The predicted octanol–water partition coefficient (Wildman–Crippen LogP) is 3.58. The Morgan fingerprint density at radius 2 is 2.11 bits per heavy atom. The van der Waals surface area contributed by atoms with Crippen LogP contribution < -0.4 is 0 Å². The molecule has 0 radical (unpaired) electrons. The second-order valence-electron chi connectivity index (χ2n) is 6.87. The number of sulfone groups is 1. The Morgan fingerprint density at radius 1 is 1.33 bits per heavy atom. The zero-order valence-corrected chi connectivity index (χ0v) is 16.8. The summed E-state index contributed by atoms with van der Waals surface area (Å²) in [5.74, 6) is 0.572. The van der Waals surface area contributed by atoms with Gasteiger partial charge in [0, 0.05) is 23.0 Å². The van der Waals surface area contributed by atoms with E-state index in [2.05, 4.69) is 4.98 Å². The number of oxazole rings is 1. The maximum Gasteiger partial charge on any atom is 0.257 e. The molecule has 1 atom stereocenters. The van der Waals surface area contributed by atoms with Gasteiger partial charge < -0.3 is 8.98 Å². The molecule has 27 heavy (non-hydrogen) atoms. The highest BCUT2D eigenvalue weighted by molar-refractivity contribution is 7.99. The van der Waals surface area contributed by atoms with Crippen LogP contribution in [-0.2, 0) is 9.84 Å². The summed E-state index contributed by atoms with van der Waals surface area (Å²) in [5, 5.41) is 0.472. The fourth-order valence-corrected chi connectivity index (χ4v) is 6.14. The van der Waals surface area contributed by atoms with Crippen molar-refractivity contribution in [1.29, 1.82) is 0 Å². The quantitative estimate of drug-likeness (QED) is 0.477. The average Bonchev–Trinajstić information content (AvgIpc) is 3.27. The standard InChI is InChI=1S/C19H20N2O4S2/c1-12-9-15(13(2)21(12)14-7-8-27(23,24)11-14)17(22)10-26-19-20-16-5-3-4-6-18(16)25-19/h3-6,9,14H,7-8,10-11H2,1-2H3. The maximum absolute atomic E-state index is 12.7. The number of hydrogen-bond donors (Lipinski definition) is 0. The Labute approximate surface area is 161 Å². The number of aryl methyl sites for hydroxylation is 1. The molecule has 1 aliphatic rings. The van der Waals surface area contributed by atoms with E-state index in [0.29, 0.717) is 22.8 Å². The zero-order valence-electron chi connectivity index (χ0n) is 15.1. The third-order valence-electron chi connectivity index (χ3n) is 4.96. The lowest BCUT2D eigenvalue weighted by molar-refractivity contribution is 0.102. The Morgan fingerprint density at radius 3 is 2.81 bits per heavy atom. The monoisotopic (exact) mass is 404 g/mol. The number of carbonyl (C=O) groups is 1. The summed E-state index contributed by atoms with van der Waals surface area (Å²) in [6.45, 7) is 3.80. The van der Waals surface area contributed by atoms with Gasteiger partial charge in [0.2, 0.25) is 0 Å². The minimum atomic E-state index is -2.98. The highest BCUT2D eigenvalue weighted by Gasteiger charge is 2.31. The highest BCUT2D eigenvalue weighted by Crippen LogP contribution is 2.30. The predicted molar refractivity (Wildman–Crippen MR) is 105 cm³/mol. The molecular weight excluding hydrogens is 384 g/mol. The van der Waals surface area contributed by atoms with Crippen molar-refractivity contribution in [2.45, 2.75) is 31.5 Å². The van der Waals surface area contributed by atoms with Gasteiger partial charge in [0.25, 0.3) is 5.22 Å². The van der Waals surface area contributed by atoms with Gasteiger partial charge in [0.05, 0.1) is 17.3 Å². The second kappa shape index (κ2) is 6.83. The topological polar surface area (TPSA) is 82.2 Å². The van der Waals surface area contributed by atoms with Crippen molar-refractivity contribution in [1.82, 2.24) is 9.55 Å². The molecule has 4 rings (SSSR count). The molecule has 1 saturated heterocycles. The number of fused-ring (bicyclic) bond motifs is 1. The number of ketones is 1. The van der Waals surface area contributed by atoms with Crippen LogP contribution >= 0.6 is 11.8 Å². The van der Waals surface area contributed by atoms with Crippen molar-refractivity contribution >= 4 is 38.5 Å². The second-order valence-corrected chi connectivity index (χ2v) is 10.0. The molecule has 8 heteroatoms. The van der Waals surface area contributed by atoms with Gasteiger partial charge in [-0.05, 0) is 38.5 Å². The number of rotatable bonds is 5. The van der Waals surface area contributed by atoms with Gasteiger partial charge in [0.1, 0.15) is 5.52 Å². The van der Waals surface area contributed by atoms with Crippen LogP contribution in [0.15, 0.2) is 40.0 Å². The summed E-state index contributed by atoms with van der Waals surface area (Å²) in [5.41, 5.74) is 3.86. The molecule has 0 aliphatic carbocycles. The number of hydrogen-bond acceptors (Lipinski definition) is 6. The lowest BCUT2D eigenvalue weighted by atomic mass is 10.2. The molecule has 1 aliphatic heterocycles. The highest BCUT2D eigenvalue weighted by atomic mass is 32.2. The zero-order chi connectivity index (χ0) is 19.2. The molecule has 3 aromatic rings. The number of carbonyl (C=O) groups excluding carboxylic acids is 1. The van der Waals surface area contributed by atoms with Crippen LogP contribution in [0.4, 0.5) is 0 Å². The van der Waals surface area contributed by atoms with Crippen molar-refractivity contribution in [3.05, 3.63) is 47.3 Å². The molecular formula is C19H20N2O4S2. The Balaban J connectivity index is 1.51. The fraction of sp³-hybridized carbons (Fsp3) is 0.368. The van der Waals surface area contributed by atoms with Crippen molar-refractivity contribution < 1.29 is 17.6 Å². The maximum atomic E-state index is 12.7. The first kappa shape index (κ1) is 18.3. The summed E-state index contributed by atoms with van der Waals surface area (Å²) in [7, 11) is -2.98. The van der Waals surface area contributed by atoms with E-state index < -0.39 is 9.84 Å². The van der Waals surface area contributed by atoms with Gasteiger partial charge >= 0.3 is 0 Å². The van der Waals surface area contributed by atoms with Crippen LogP contribution in [0.25, 0.3) is 11.1 Å². The first-order chi connectivity index (χ1) is 12.8. The molecule has 6 nitrogen and oxygen atoms in total. The van der Waals surface area contributed by atoms with E-state index in [9.17, 15) is 13.2 Å². The summed E-state index contributed by atoms with van der Waals surface area (Å²) in [6, 6.07) is 9.26. The summed E-state index contributed by atoms with van der Waals surface area (Å²) in [4.78, 5) is 17.1. The normalized spacial score (nSPS) is 19.0. The molecule has 0 saturated carbocycles. The van der Waals surface area contributed by atoms with Gasteiger partial charge in [-0.15, -0.1) is 0 Å². The minimum Gasteiger partial charge on any atom is -0.431 e. The first-order valence-electron chi connectivity index (χ1n) is 8.74. The summed E-state index contributed by atoms with van der Waals surface area (Å²) in [6.07, 6.45) is 0.601. The van der Waals surface area contributed by atoms with Crippen molar-refractivity contribution in [3.8, 4) is 0 Å².